The van der Waals surface area contributed by atoms with Gasteiger partial charge in [-0.2, -0.15) is 0 Å². The summed E-state index contributed by atoms with van der Waals surface area (Å²) < 4.78 is 46.4. The number of ether oxygens (including phenoxy) is 2. The fourth-order valence-corrected chi connectivity index (χ4v) is 2.16. The topological polar surface area (TPSA) is 89.2 Å². The zero-order valence-corrected chi connectivity index (χ0v) is 17.4. The Bertz CT molecular complexity index is 686. The molecule has 11 heteroatoms. The van der Waals surface area contributed by atoms with E-state index in [0.29, 0.717) is 13.1 Å². The van der Waals surface area contributed by atoms with Crippen LogP contribution in [0.1, 0.15) is 20.8 Å². The number of halogens is 4. The number of anilines is 1. The van der Waals surface area contributed by atoms with Crippen molar-refractivity contribution in [2.24, 2.45) is 10.7 Å². The monoisotopic (exact) mass is 502 g/mol. The van der Waals surface area contributed by atoms with Crippen LogP contribution in [0.2, 0.25) is 0 Å². The van der Waals surface area contributed by atoms with E-state index < -0.39 is 23.8 Å². The smallest absolute Gasteiger partial charge is 0.444 e. The van der Waals surface area contributed by atoms with Gasteiger partial charge in [-0.1, -0.05) is 12.1 Å². The number of alkyl halides is 3. The quantitative estimate of drug-likeness (QED) is 0.375. The summed E-state index contributed by atoms with van der Waals surface area (Å²) in [5.74, 6) is -0.487. The van der Waals surface area contributed by atoms with Crippen LogP contribution in [0.25, 0.3) is 0 Å². The number of benzene rings is 1. The van der Waals surface area contributed by atoms with Crippen molar-refractivity contribution in [1.82, 2.24) is 4.90 Å². The summed E-state index contributed by atoms with van der Waals surface area (Å²) >= 11 is 0. The van der Waals surface area contributed by atoms with Gasteiger partial charge in [0.25, 0.3) is 0 Å². The Balaban J connectivity index is 0.00000364. The molecule has 0 radical (unpaired) electrons. The molecular formula is C16H22F3IN4O3. The molecular weight excluding hydrogens is 480 g/mol. The first kappa shape index (κ1) is 23.1. The first-order valence-electron chi connectivity index (χ1n) is 7.86. The number of nitrogens with two attached hydrogens (primary N) is 1. The van der Waals surface area contributed by atoms with Crippen molar-refractivity contribution < 1.29 is 27.4 Å². The summed E-state index contributed by atoms with van der Waals surface area (Å²) in [5, 5.41) is 2.58. The molecule has 7 nitrogen and oxygen atoms in total. The minimum Gasteiger partial charge on any atom is -0.444 e. The van der Waals surface area contributed by atoms with E-state index in [1.165, 1.54) is 23.1 Å². The largest absolute Gasteiger partial charge is 0.573 e. The molecule has 3 N–H and O–H groups in total. The van der Waals surface area contributed by atoms with Gasteiger partial charge in [-0.15, -0.1) is 37.1 Å². The highest BCUT2D eigenvalue weighted by Gasteiger charge is 2.34. The summed E-state index contributed by atoms with van der Waals surface area (Å²) in [5.41, 5.74) is 5.19. The zero-order chi connectivity index (χ0) is 19.5. The lowest BCUT2D eigenvalue weighted by Gasteiger charge is -2.37. The molecule has 0 saturated carbocycles. The van der Waals surface area contributed by atoms with E-state index in [2.05, 4.69) is 15.0 Å². The lowest BCUT2D eigenvalue weighted by Crippen LogP contribution is -2.54. The summed E-state index contributed by atoms with van der Waals surface area (Å²) in [7, 11) is 0. The van der Waals surface area contributed by atoms with Crippen molar-refractivity contribution in [1.29, 1.82) is 0 Å². The van der Waals surface area contributed by atoms with Crippen molar-refractivity contribution in [2.45, 2.75) is 38.8 Å². The highest BCUT2D eigenvalue weighted by molar-refractivity contribution is 14.0. The third-order valence-electron chi connectivity index (χ3n) is 3.21. The molecule has 1 aliphatic heterocycles. The Labute approximate surface area is 172 Å². The van der Waals surface area contributed by atoms with Crippen LogP contribution in [0, 0.1) is 0 Å². The van der Waals surface area contributed by atoms with Crippen LogP contribution in [0.5, 0.6) is 5.75 Å². The van der Waals surface area contributed by atoms with Crippen molar-refractivity contribution in [3.63, 3.8) is 0 Å². The van der Waals surface area contributed by atoms with Crippen LogP contribution in [0.3, 0.4) is 0 Å². The lowest BCUT2D eigenvalue weighted by atomic mass is 10.1. The van der Waals surface area contributed by atoms with Crippen molar-refractivity contribution >= 4 is 41.7 Å². The Hall–Kier alpha value is -1.92. The molecule has 1 amide bonds. The summed E-state index contributed by atoms with van der Waals surface area (Å²) in [6.45, 7) is 5.93. The van der Waals surface area contributed by atoms with Gasteiger partial charge in [-0.25, -0.2) is 9.79 Å². The van der Waals surface area contributed by atoms with E-state index in [1.807, 2.05) is 0 Å². The highest BCUT2D eigenvalue weighted by Crippen LogP contribution is 2.29. The molecule has 0 spiro atoms. The van der Waals surface area contributed by atoms with Gasteiger partial charge in [0.2, 0.25) is 0 Å². The Morgan fingerprint density at radius 3 is 2.41 bits per heavy atom. The molecule has 1 fully saturated rings. The van der Waals surface area contributed by atoms with Crippen LogP contribution in [0.4, 0.5) is 23.7 Å². The molecule has 2 rings (SSSR count). The van der Waals surface area contributed by atoms with E-state index >= 15 is 0 Å². The number of hydrogen-bond donors (Lipinski definition) is 2. The summed E-state index contributed by atoms with van der Waals surface area (Å²) in [4.78, 5) is 17.4. The first-order valence-corrected chi connectivity index (χ1v) is 7.86. The van der Waals surface area contributed by atoms with Crippen LogP contribution in [-0.2, 0) is 4.74 Å². The number of likely N-dealkylation sites (tertiary alicyclic amines) is 1. The predicted octanol–water partition coefficient (Wildman–Crippen LogP) is 3.55. The number of nitrogens with zero attached hydrogens (tertiary/aromatic N) is 2. The van der Waals surface area contributed by atoms with Gasteiger partial charge in [0.1, 0.15) is 5.60 Å². The van der Waals surface area contributed by atoms with Gasteiger partial charge in [0, 0.05) is 13.1 Å². The molecule has 1 heterocycles. The number of carbonyl (C=O) groups excluding carboxylic acids is 1. The number of rotatable bonds is 3. The molecule has 1 aromatic carbocycles. The predicted molar refractivity (Wildman–Crippen MR) is 105 cm³/mol. The third-order valence-corrected chi connectivity index (χ3v) is 3.21. The molecule has 0 atom stereocenters. The maximum absolute atomic E-state index is 12.4. The Kier molecular flexibility index (Phi) is 7.57. The molecule has 0 aliphatic carbocycles. The summed E-state index contributed by atoms with van der Waals surface area (Å²) in [6, 6.07) is 5.23. The van der Waals surface area contributed by atoms with Crippen molar-refractivity contribution in [3.05, 3.63) is 24.3 Å². The van der Waals surface area contributed by atoms with Gasteiger partial charge in [0.15, 0.2) is 11.7 Å². The zero-order valence-electron chi connectivity index (χ0n) is 15.0. The van der Waals surface area contributed by atoms with E-state index in [-0.39, 0.29) is 41.7 Å². The number of para-hydroxylation sites is 2. The molecule has 0 bridgehead atoms. The second-order valence-corrected chi connectivity index (χ2v) is 6.72. The molecule has 1 aliphatic rings. The molecule has 27 heavy (non-hydrogen) atoms. The van der Waals surface area contributed by atoms with Crippen LogP contribution in [-0.4, -0.2) is 48.0 Å². The minimum absolute atomic E-state index is 0. The SMILES string of the molecule is CC(C)(C)OC(=O)N1CC(N=C(N)Nc2ccccc2OC(F)(F)F)C1.I. The number of aliphatic imine (C=N–C) groups is 1. The normalized spacial score (nSPS) is 15.5. The fraction of sp³-hybridized carbons (Fsp3) is 0.500. The second-order valence-electron chi connectivity index (χ2n) is 6.72. The summed E-state index contributed by atoms with van der Waals surface area (Å²) in [6.07, 6.45) is -5.26. The van der Waals surface area contributed by atoms with Crippen LogP contribution in [0.15, 0.2) is 29.3 Å². The Morgan fingerprint density at radius 2 is 1.85 bits per heavy atom. The van der Waals surface area contributed by atoms with Gasteiger partial charge in [-0.3, -0.25) is 0 Å². The average Bonchev–Trinajstić information content (AvgIpc) is 2.41. The first-order chi connectivity index (χ1) is 11.9. The van der Waals surface area contributed by atoms with Gasteiger partial charge in [-0.05, 0) is 32.9 Å². The van der Waals surface area contributed by atoms with Crippen LogP contribution < -0.4 is 15.8 Å². The van der Waals surface area contributed by atoms with E-state index in [1.54, 1.807) is 20.8 Å². The minimum atomic E-state index is -4.81. The molecule has 1 aromatic rings. The van der Waals surface area contributed by atoms with Crippen molar-refractivity contribution in [3.8, 4) is 5.75 Å². The van der Waals surface area contributed by atoms with Crippen LogP contribution >= 0.6 is 24.0 Å². The van der Waals surface area contributed by atoms with Crippen molar-refractivity contribution in [2.75, 3.05) is 18.4 Å². The molecule has 0 unspecified atom stereocenters. The molecule has 1 saturated heterocycles. The highest BCUT2D eigenvalue weighted by atomic mass is 127. The maximum atomic E-state index is 12.4. The molecule has 152 valence electrons. The number of nitrogens with one attached hydrogen (secondary N) is 1. The second kappa shape index (κ2) is 8.85. The van der Waals surface area contributed by atoms with Gasteiger partial charge >= 0.3 is 12.5 Å². The fourth-order valence-electron chi connectivity index (χ4n) is 2.16. The Morgan fingerprint density at radius 1 is 1.26 bits per heavy atom. The number of amides is 1. The lowest BCUT2D eigenvalue weighted by molar-refractivity contribution is -0.274. The maximum Gasteiger partial charge on any atom is 0.573 e. The number of carbonyl (C=O) groups is 1. The molecule has 0 aromatic heterocycles. The van der Waals surface area contributed by atoms with E-state index in [9.17, 15) is 18.0 Å². The van der Waals surface area contributed by atoms with E-state index in [0.717, 1.165) is 6.07 Å². The average molecular weight is 502 g/mol. The van der Waals surface area contributed by atoms with Gasteiger partial charge < -0.3 is 25.4 Å². The van der Waals surface area contributed by atoms with E-state index in [4.69, 9.17) is 10.5 Å². The third kappa shape index (κ3) is 7.69. The number of hydrogen-bond acceptors (Lipinski definition) is 4. The standard InChI is InChI=1S/C16H21F3N4O3.HI/c1-15(2,3)26-14(24)23-8-10(9-23)21-13(20)22-11-6-4-5-7-12(11)25-16(17,18)19;/h4-7,10H,8-9H2,1-3H3,(H3,20,21,22);1H. The number of guanidine groups is 1. The van der Waals surface area contributed by atoms with Gasteiger partial charge in [0.05, 0.1) is 11.7 Å².